The summed E-state index contributed by atoms with van der Waals surface area (Å²) in [4.78, 5) is 4.93. The van der Waals surface area contributed by atoms with Gasteiger partial charge in [-0.1, -0.05) is 18.2 Å². The van der Waals surface area contributed by atoms with Gasteiger partial charge in [-0.25, -0.2) is 5.01 Å². The molecule has 18 heavy (non-hydrogen) atoms. The first-order chi connectivity index (χ1) is 8.70. The van der Waals surface area contributed by atoms with Crippen molar-refractivity contribution in [1.29, 1.82) is 0 Å². The molecule has 0 atom stereocenters. The Morgan fingerprint density at radius 2 is 1.78 bits per heavy atom. The Labute approximate surface area is 109 Å². The number of nitrogens with zero attached hydrogens (tertiary/aromatic N) is 3. The fraction of sp³-hybridized carbons (Fsp3) is 0.571. The van der Waals surface area contributed by atoms with E-state index in [-0.39, 0.29) is 0 Å². The Morgan fingerprint density at radius 3 is 2.56 bits per heavy atom. The smallest absolute Gasteiger partial charge is 0.0386 e. The second-order valence-corrected chi connectivity index (χ2v) is 5.59. The molecule has 0 amide bonds. The highest BCUT2D eigenvalue weighted by Crippen LogP contribution is 2.22. The average Bonchev–Trinajstić information content (AvgIpc) is 2.71. The van der Waals surface area contributed by atoms with Crippen LogP contribution in [0.15, 0.2) is 18.2 Å². The van der Waals surface area contributed by atoms with Crippen LogP contribution in [0.4, 0.5) is 0 Å². The molecular formula is C14H22N4. The predicted octanol–water partition coefficient (Wildman–Crippen LogP) is 0.623. The summed E-state index contributed by atoms with van der Waals surface area (Å²) in [5.74, 6) is 5.85. The molecule has 3 rings (SSSR count). The van der Waals surface area contributed by atoms with E-state index < -0.39 is 0 Å². The van der Waals surface area contributed by atoms with Gasteiger partial charge in [-0.15, -0.1) is 0 Å². The van der Waals surface area contributed by atoms with Gasteiger partial charge in [-0.3, -0.25) is 10.7 Å². The topological polar surface area (TPSA) is 35.7 Å². The lowest BCUT2D eigenvalue weighted by Crippen LogP contribution is -2.43. The van der Waals surface area contributed by atoms with Gasteiger partial charge < -0.3 is 4.90 Å². The van der Waals surface area contributed by atoms with E-state index >= 15 is 0 Å². The van der Waals surface area contributed by atoms with Crippen LogP contribution < -0.4 is 5.84 Å². The zero-order valence-corrected chi connectivity index (χ0v) is 11.1. The molecule has 0 aliphatic carbocycles. The van der Waals surface area contributed by atoms with E-state index in [1.165, 1.54) is 42.9 Å². The lowest BCUT2D eigenvalue weighted by atomic mass is 10.1. The molecule has 1 saturated heterocycles. The van der Waals surface area contributed by atoms with E-state index in [1.54, 1.807) is 0 Å². The second-order valence-electron chi connectivity index (χ2n) is 5.59. The summed E-state index contributed by atoms with van der Waals surface area (Å²) in [5, 5.41) is 1.88. The van der Waals surface area contributed by atoms with Gasteiger partial charge in [0, 0.05) is 45.8 Å². The van der Waals surface area contributed by atoms with E-state index in [0.29, 0.717) is 0 Å². The van der Waals surface area contributed by atoms with Gasteiger partial charge >= 0.3 is 0 Å². The van der Waals surface area contributed by atoms with Crippen molar-refractivity contribution < 1.29 is 0 Å². The maximum Gasteiger partial charge on any atom is 0.0386 e. The average molecular weight is 246 g/mol. The summed E-state index contributed by atoms with van der Waals surface area (Å²) in [6.07, 6.45) is 0. The van der Waals surface area contributed by atoms with E-state index in [4.69, 9.17) is 5.84 Å². The molecule has 1 fully saturated rings. The van der Waals surface area contributed by atoms with Gasteiger partial charge in [-0.2, -0.15) is 0 Å². The third-order valence-corrected chi connectivity index (χ3v) is 4.02. The number of piperazine rings is 1. The number of nitrogens with two attached hydrogens (primary N) is 1. The fourth-order valence-electron chi connectivity index (χ4n) is 2.84. The van der Waals surface area contributed by atoms with Crippen LogP contribution in [0.5, 0.6) is 0 Å². The van der Waals surface area contributed by atoms with Crippen LogP contribution in [0.2, 0.25) is 0 Å². The summed E-state index contributed by atoms with van der Waals surface area (Å²) in [6.45, 7) is 7.58. The zero-order valence-electron chi connectivity index (χ0n) is 11.1. The normalized spacial score (nSPS) is 22.3. The van der Waals surface area contributed by atoms with Crippen molar-refractivity contribution >= 4 is 0 Å². The number of hydrogen-bond donors (Lipinski definition) is 1. The summed E-state index contributed by atoms with van der Waals surface area (Å²) in [6, 6.07) is 6.84. The van der Waals surface area contributed by atoms with Gasteiger partial charge in [0.15, 0.2) is 0 Å². The van der Waals surface area contributed by atoms with E-state index in [1.807, 2.05) is 5.01 Å². The second kappa shape index (κ2) is 4.97. The molecule has 1 aromatic carbocycles. The highest BCUT2D eigenvalue weighted by atomic mass is 15.4. The van der Waals surface area contributed by atoms with Crippen molar-refractivity contribution in [2.24, 2.45) is 5.84 Å². The Kier molecular flexibility index (Phi) is 3.35. The number of likely N-dealkylation sites (N-methyl/N-ethyl adjacent to an activating group) is 1. The van der Waals surface area contributed by atoms with Gasteiger partial charge in [0.2, 0.25) is 0 Å². The van der Waals surface area contributed by atoms with Crippen LogP contribution in [0.25, 0.3) is 0 Å². The molecular weight excluding hydrogens is 224 g/mol. The molecule has 4 heteroatoms. The van der Waals surface area contributed by atoms with Crippen molar-refractivity contribution in [2.45, 2.75) is 19.6 Å². The SMILES string of the molecule is CN1CCN(Cc2ccc3c(c2)CN(N)C3)CC1. The highest BCUT2D eigenvalue weighted by molar-refractivity contribution is 5.34. The zero-order chi connectivity index (χ0) is 12.5. The van der Waals surface area contributed by atoms with Crippen LogP contribution in [-0.4, -0.2) is 48.0 Å². The van der Waals surface area contributed by atoms with E-state index in [0.717, 1.165) is 19.6 Å². The quantitative estimate of drug-likeness (QED) is 0.776. The summed E-state index contributed by atoms with van der Waals surface area (Å²) >= 11 is 0. The summed E-state index contributed by atoms with van der Waals surface area (Å²) < 4.78 is 0. The molecule has 0 radical (unpaired) electrons. The minimum atomic E-state index is 0.893. The molecule has 2 N–H and O–H groups in total. The number of rotatable bonds is 2. The van der Waals surface area contributed by atoms with Crippen molar-refractivity contribution in [3.63, 3.8) is 0 Å². The van der Waals surface area contributed by atoms with Crippen molar-refractivity contribution in [2.75, 3.05) is 33.2 Å². The Bertz CT molecular complexity index is 424. The number of hydrazine groups is 1. The van der Waals surface area contributed by atoms with Crippen LogP contribution in [0.3, 0.4) is 0 Å². The van der Waals surface area contributed by atoms with Crippen LogP contribution in [0, 0.1) is 0 Å². The summed E-state index contributed by atoms with van der Waals surface area (Å²) in [7, 11) is 2.20. The molecule has 1 aromatic rings. The van der Waals surface area contributed by atoms with Crippen molar-refractivity contribution in [3.8, 4) is 0 Å². The Balaban J connectivity index is 1.65. The lowest BCUT2D eigenvalue weighted by molar-refractivity contribution is 0.148. The molecule has 0 aromatic heterocycles. The molecule has 0 saturated carbocycles. The Morgan fingerprint density at radius 1 is 1.06 bits per heavy atom. The first kappa shape index (κ1) is 12.1. The van der Waals surface area contributed by atoms with Gasteiger partial charge in [0.05, 0.1) is 0 Å². The van der Waals surface area contributed by atoms with Gasteiger partial charge in [-0.05, 0) is 23.7 Å². The molecule has 0 bridgehead atoms. The largest absolute Gasteiger partial charge is 0.304 e. The molecule has 98 valence electrons. The highest BCUT2D eigenvalue weighted by Gasteiger charge is 2.18. The number of benzene rings is 1. The Hall–Kier alpha value is -0.940. The van der Waals surface area contributed by atoms with Gasteiger partial charge in [0.25, 0.3) is 0 Å². The molecule has 0 spiro atoms. The maximum atomic E-state index is 5.85. The van der Waals surface area contributed by atoms with Crippen molar-refractivity contribution in [1.82, 2.24) is 14.8 Å². The van der Waals surface area contributed by atoms with Gasteiger partial charge in [0.1, 0.15) is 0 Å². The molecule has 2 aliphatic heterocycles. The van der Waals surface area contributed by atoms with E-state index in [2.05, 4.69) is 35.0 Å². The van der Waals surface area contributed by atoms with Crippen LogP contribution in [-0.2, 0) is 19.6 Å². The maximum absolute atomic E-state index is 5.85. The minimum absolute atomic E-state index is 0.893. The molecule has 2 aliphatic rings. The third kappa shape index (κ3) is 2.57. The standard InChI is InChI=1S/C14H22N4/c1-16-4-6-17(7-5-16)9-12-2-3-13-10-18(15)11-14(13)8-12/h2-3,8H,4-7,9-11,15H2,1H3. The third-order valence-electron chi connectivity index (χ3n) is 4.02. The predicted molar refractivity (Wildman–Crippen MR) is 72.7 cm³/mol. The summed E-state index contributed by atoms with van der Waals surface area (Å²) in [5.41, 5.74) is 4.22. The number of hydrogen-bond acceptors (Lipinski definition) is 4. The number of fused-ring (bicyclic) bond motifs is 1. The van der Waals surface area contributed by atoms with Crippen LogP contribution in [0.1, 0.15) is 16.7 Å². The fourth-order valence-corrected chi connectivity index (χ4v) is 2.84. The monoisotopic (exact) mass is 246 g/mol. The van der Waals surface area contributed by atoms with E-state index in [9.17, 15) is 0 Å². The lowest BCUT2D eigenvalue weighted by Gasteiger charge is -2.32. The first-order valence-electron chi connectivity index (χ1n) is 6.72. The molecule has 2 heterocycles. The first-order valence-corrected chi connectivity index (χ1v) is 6.72. The minimum Gasteiger partial charge on any atom is -0.304 e. The molecule has 4 nitrogen and oxygen atoms in total. The van der Waals surface area contributed by atoms with Crippen LogP contribution >= 0.6 is 0 Å². The molecule has 0 unspecified atom stereocenters. The van der Waals surface area contributed by atoms with Crippen molar-refractivity contribution in [3.05, 3.63) is 34.9 Å².